The average molecular weight is 327 g/mol. The molecule has 2 N–H and O–H groups in total. The van der Waals surface area contributed by atoms with Gasteiger partial charge in [-0.3, -0.25) is 0 Å². The number of nitrogens with one attached hydrogen (secondary N) is 1. The number of aliphatic carboxylic acids is 1. The van der Waals surface area contributed by atoms with Gasteiger partial charge in [-0.25, -0.2) is 4.79 Å². The summed E-state index contributed by atoms with van der Waals surface area (Å²) in [7, 11) is 1.83. The van der Waals surface area contributed by atoms with E-state index in [1.54, 1.807) is 0 Å². The zero-order valence-electron chi connectivity index (χ0n) is 15.1. The van der Waals surface area contributed by atoms with Gasteiger partial charge < -0.3 is 10.4 Å². The molecule has 24 heavy (non-hydrogen) atoms. The van der Waals surface area contributed by atoms with Crippen LogP contribution in [0, 0.1) is 5.92 Å². The maximum absolute atomic E-state index is 12.0. The number of rotatable bonds is 7. The molecule has 0 saturated carbocycles. The third-order valence-corrected chi connectivity index (χ3v) is 4.98. The van der Waals surface area contributed by atoms with Gasteiger partial charge in [-0.15, -0.1) is 0 Å². The average Bonchev–Trinajstić information content (AvgIpc) is 2.60. The number of unbranched alkanes of at least 4 members (excludes halogenated alkanes) is 1. The lowest BCUT2D eigenvalue weighted by Gasteiger charge is -2.28. The molecule has 1 aromatic rings. The first-order valence-corrected chi connectivity index (χ1v) is 8.99. The molecule has 2 rings (SSSR count). The molecule has 1 aromatic carbocycles. The quantitative estimate of drug-likeness (QED) is 0.573. The summed E-state index contributed by atoms with van der Waals surface area (Å²) in [6.07, 6.45) is 7.81. The number of carboxylic acid groups (broad SMARTS) is 1. The molecule has 0 aromatic heterocycles. The number of hydrogen-bond donors (Lipinski definition) is 2. The summed E-state index contributed by atoms with van der Waals surface area (Å²) in [5.41, 5.74) is 5.09. The fraction of sp³-hybridized carbons (Fsp3) is 0.476. The van der Waals surface area contributed by atoms with Crippen molar-refractivity contribution in [1.82, 2.24) is 5.32 Å². The molecule has 0 fully saturated rings. The number of fused-ring (bicyclic) bond motifs is 1. The second kappa shape index (κ2) is 8.72. The van der Waals surface area contributed by atoms with Gasteiger partial charge in [0.05, 0.1) is 5.57 Å². The number of hydrogen-bond acceptors (Lipinski definition) is 2. The van der Waals surface area contributed by atoms with Crippen LogP contribution in [0.3, 0.4) is 0 Å². The minimum absolute atomic E-state index is 0.279. The molecule has 1 atom stereocenters. The second-order valence-electron chi connectivity index (χ2n) is 6.46. The summed E-state index contributed by atoms with van der Waals surface area (Å²) in [5, 5.41) is 13.0. The number of carbonyl (C=O) groups is 1. The van der Waals surface area contributed by atoms with E-state index in [-0.39, 0.29) is 5.92 Å². The summed E-state index contributed by atoms with van der Waals surface area (Å²) < 4.78 is 0. The first-order valence-electron chi connectivity index (χ1n) is 8.99. The highest BCUT2D eigenvalue weighted by molar-refractivity contribution is 5.92. The van der Waals surface area contributed by atoms with Gasteiger partial charge in [0.2, 0.25) is 0 Å². The van der Waals surface area contributed by atoms with Gasteiger partial charge in [0.15, 0.2) is 0 Å². The van der Waals surface area contributed by atoms with Crippen molar-refractivity contribution < 1.29 is 9.90 Å². The molecule has 3 heteroatoms. The molecule has 130 valence electrons. The predicted molar refractivity (Wildman–Crippen MR) is 99.0 cm³/mol. The normalized spacial score (nSPS) is 18.6. The van der Waals surface area contributed by atoms with Crippen LogP contribution in [0.15, 0.2) is 47.2 Å². The van der Waals surface area contributed by atoms with Crippen molar-refractivity contribution in [3.63, 3.8) is 0 Å². The Bertz CT molecular complexity index is 643. The summed E-state index contributed by atoms with van der Waals surface area (Å²) in [4.78, 5) is 12.0. The van der Waals surface area contributed by atoms with E-state index < -0.39 is 5.97 Å². The van der Waals surface area contributed by atoms with Crippen LogP contribution in [0.25, 0.3) is 0 Å². The first-order chi connectivity index (χ1) is 11.6. The van der Waals surface area contributed by atoms with Gasteiger partial charge in [0.1, 0.15) is 0 Å². The lowest BCUT2D eigenvalue weighted by molar-refractivity contribution is -0.132. The molecule has 0 bridgehead atoms. The highest BCUT2D eigenvalue weighted by Crippen LogP contribution is 2.34. The van der Waals surface area contributed by atoms with E-state index in [0.29, 0.717) is 5.57 Å². The van der Waals surface area contributed by atoms with E-state index in [1.165, 1.54) is 11.1 Å². The molecule has 0 heterocycles. The minimum atomic E-state index is -0.817. The van der Waals surface area contributed by atoms with E-state index in [1.807, 2.05) is 20.0 Å². The van der Waals surface area contributed by atoms with Crippen molar-refractivity contribution in [3.8, 4) is 0 Å². The fourth-order valence-electron chi connectivity index (χ4n) is 3.70. The van der Waals surface area contributed by atoms with E-state index >= 15 is 0 Å². The molecular formula is C21H29NO2. The Kier molecular flexibility index (Phi) is 6.65. The Balaban J connectivity index is 2.34. The van der Waals surface area contributed by atoms with Crippen LogP contribution < -0.4 is 5.32 Å². The van der Waals surface area contributed by atoms with Crippen LogP contribution in [0.1, 0.15) is 50.7 Å². The van der Waals surface area contributed by atoms with Crippen molar-refractivity contribution in [2.24, 2.45) is 5.92 Å². The van der Waals surface area contributed by atoms with Crippen molar-refractivity contribution in [1.29, 1.82) is 0 Å². The highest BCUT2D eigenvalue weighted by Gasteiger charge is 2.27. The maximum Gasteiger partial charge on any atom is 0.337 e. The van der Waals surface area contributed by atoms with Crippen LogP contribution in [-0.2, 0) is 17.6 Å². The Morgan fingerprint density at radius 2 is 2.04 bits per heavy atom. The zero-order chi connectivity index (χ0) is 17.5. The Hall–Kier alpha value is -2.03. The van der Waals surface area contributed by atoms with Crippen molar-refractivity contribution in [2.45, 2.75) is 52.4 Å². The molecule has 0 amide bonds. The highest BCUT2D eigenvalue weighted by atomic mass is 16.4. The number of allylic oxidation sites excluding steroid dienone is 2. The summed E-state index contributed by atoms with van der Waals surface area (Å²) >= 11 is 0. The number of carboxylic acids is 1. The SMILES string of the molecule is C/C=C(\C(C(=O)O)=C(/CCCC)NC)C1CCc2ccccc2C1. The first kappa shape index (κ1) is 18.3. The Morgan fingerprint density at radius 3 is 2.62 bits per heavy atom. The van der Waals surface area contributed by atoms with Gasteiger partial charge >= 0.3 is 5.97 Å². The van der Waals surface area contributed by atoms with Crippen LogP contribution in [0.5, 0.6) is 0 Å². The van der Waals surface area contributed by atoms with Gasteiger partial charge in [-0.1, -0.05) is 43.7 Å². The lowest BCUT2D eigenvalue weighted by Crippen LogP contribution is -2.23. The third kappa shape index (κ3) is 4.08. The van der Waals surface area contributed by atoms with E-state index in [2.05, 4.69) is 36.5 Å². The predicted octanol–water partition coefficient (Wildman–Crippen LogP) is 4.49. The minimum Gasteiger partial charge on any atom is -0.478 e. The van der Waals surface area contributed by atoms with E-state index in [4.69, 9.17) is 0 Å². The molecule has 3 nitrogen and oxygen atoms in total. The molecule has 0 aliphatic heterocycles. The van der Waals surface area contributed by atoms with Crippen LogP contribution in [0.4, 0.5) is 0 Å². The second-order valence-corrected chi connectivity index (χ2v) is 6.46. The number of aryl methyl sites for hydroxylation is 1. The molecule has 0 spiro atoms. The topological polar surface area (TPSA) is 49.3 Å². The van der Waals surface area contributed by atoms with E-state index in [0.717, 1.165) is 49.8 Å². The zero-order valence-corrected chi connectivity index (χ0v) is 15.1. The number of benzene rings is 1. The monoisotopic (exact) mass is 327 g/mol. The third-order valence-electron chi connectivity index (χ3n) is 4.98. The van der Waals surface area contributed by atoms with Gasteiger partial charge in [-0.05, 0) is 61.6 Å². The largest absolute Gasteiger partial charge is 0.478 e. The fourth-order valence-corrected chi connectivity index (χ4v) is 3.70. The molecule has 0 saturated heterocycles. The molecule has 0 radical (unpaired) electrons. The Morgan fingerprint density at radius 1 is 1.33 bits per heavy atom. The van der Waals surface area contributed by atoms with Crippen LogP contribution in [0.2, 0.25) is 0 Å². The van der Waals surface area contributed by atoms with E-state index in [9.17, 15) is 9.90 Å². The Labute approximate surface area is 145 Å². The van der Waals surface area contributed by atoms with Crippen molar-refractivity contribution in [2.75, 3.05) is 7.05 Å². The van der Waals surface area contributed by atoms with Crippen molar-refractivity contribution in [3.05, 3.63) is 58.3 Å². The van der Waals surface area contributed by atoms with Crippen LogP contribution in [-0.4, -0.2) is 18.1 Å². The summed E-state index contributed by atoms with van der Waals surface area (Å²) in [5.74, 6) is -0.539. The maximum atomic E-state index is 12.0. The summed E-state index contributed by atoms with van der Waals surface area (Å²) in [6.45, 7) is 4.09. The van der Waals surface area contributed by atoms with Gasteiger partial charge in [-0.2, -0.15) is 0 Å². The standard InChI is InChI=1S/C21H29NO2/c1-4-6-11-19(22-3)20(21(23)24)18(5-2)17-13-12-15-9-7-8-10-16(15)14-17/h5,7-10,17,22H,4,6,11-14H2,1-3H3,(H,23,24)/b18-5-,20-19-. The molecule has 1 aliphatic carbocycles. The lowest BCUT2D eigenvalue weighted by atomic mass is 9.77. The van der Waals surface area contributed by atoms with Gasteiger partial charge in [0.25, 0.3) is 0 Å². The smallest absolute Gasteiger partial charge is 0.337 e. The van der Waals surface area contributed by atoms with Gasteiger partial charge in [0, 0.05) is 12.7 Å². The summed E-state index contributed by atoms with van der Waals surface area (Å²) in [6, 6.07) is 8.52. The molecule has 1 aliphatic rings. The molecule has 1 unspecified atom stereocenters. The molecular weight excluding hydrogens is 298 g/mol. The van der Waals surface area contributed by atoms with Crippen LogP contribution >= 0.6 is 0 Å². The van der Waals surface area contributed by atoms with Crippen molar-refractivity contribution >= 4 is 5.97 Å².